The first-order valence-electron chi connectivity index (χ1n) is 8.38. The number of rotatable bonds is 5. The average Bonchev–Trinajstić information content (AvgIpc) is 2.37. The van der Waals surface area contributed by atoms with Gasteiger partial charge in [-0.2, -0.15) is 0 Å². The van der Waals surface area contributed by atoms with Crippen LogP contribution >= 0.6 is 0 Å². The number of hydrogen-bond acceptors (Lipinski definition) is 2. The first kappa shape index (κ1) is 16.4. The lowest BCUT2D eigenvalue weighted by Crippen LogP contribution is -2.41. The lowest BCUT2D eigenvalue weighted by Gasteiger charge is -2.40. The predicted molar refractivity (Wildman–Crippen MR) is 89.7 cm³/mol. The predicted octanol–water partition coefficient (Wildman–Crippen LogP) is 4.95. The van der Waals surface area contributed by atoms with E-state index in [9.17, 15) is 0 Å². The van der Waals surface area contributed by atoms with Gasteiger partial charge in [0.15, 0.2) is 0 Å². The fourth-order valence-electron chi connectivity index (χ4n) is 3.94. The van der Waals surface area contributed by atoms with E-state index in [1.54, 1.807) is 0 Å². The first-order chi connectivity index (χ1) is 9.89. The molecule has 0 saturated heterocycles. The summed E-state index contributed by atoms with van der Waals surface area (Å²) in [6.45, 7) is 12.2. The van der Waals surface area contributed by atoms with Gasteiger partial charge in [0, 0.05) is 12.1 Å². The maximum absolute atomic E-state index is 5.51. The lowest BCUT2D eigenvalue weighted by atomic mass is 9.70. The molecule has 1 aliphatic carbocycles. The fourth-order valence-corrected chi connectivity index (χ4v) is 3.94. The molecular formula is C19H31NO. The monoisotopic (exact) mass is 289 g/mol. The first-order valence-corrected chi connectivity index (χ1v) is 8.38. The summed E-state index contributed by atoms with van der Waals surface area (Å²) in [7, 11) is 0. The van der Waals surface area contributed by atoms with Crippen molar-refractivity contribution < 1.29 is 4.74 Å². The van der Waals surface area contributed by atoms with E-state index >= 15 is 0 Å². The van der Waals surface area contributed by atoms with Gasteiger partial charge in [-0.1, -0.05) is 32.9 Å². The molecule has 21 heavy (non-hydrogen) atoms. The van der Waals surface area contributed by atoms with E-state index in [0.717, 1.165) is 18.3 Å². The van der Waals surface area contributed by atoms with Gasteiger partial charge in [-0.15, -0.1) is 0 Å². The van der Waals surface area contributed by atoms with Crippen molar-refractivity contribution in [1.82, 2.24) is 5.32 Å². The summed E-state index contributed by atoms with van der Waals surface area (Å²) >= 11 is 0. The molecule has 3 unspecified atom stereocenters. The smallest absolute Gasteiger partial charge is 0.119 e. The summed E-state index contributed by atoms with van der Waals surface area (Å²) in [5.74, 6) is 1.78. The third kappa shape index (κ3) is 4.74. The van der Waals surface area contributed by atoms with Crippen molar-refractivity contribution in [1.29, 1.82) is 0 Å². The van der Waals surface area contributed by atoms with Crippen molar-refractivity contribution in [3.63, 3.8) is 0 Å². The Morgan fingerprint density at radius 1 is 1.24 bits per heavy atom. The van der Waals surface area contributed by atoms with Crippen LogP contribution in [0.25, 0.3) is 0 Å². The van der Waals surface area contributed by atoms with E-state index in [2.05, 4.69) is 57.3 Å². The van der Waals surface area contributed by atoms with Crippen molar-refractivity contribution in [3.05, 3.63) is 29.8 Å². The van der Waals surface area contributed by atoms with Crippen molar-refractivity contribution in [2.75, 3.05) is 6.61 Å². The molecule has 0 aliphatic heterocycles. The Morgan fingerprint density at radius 3 is 2.48 bits per heavy atom. The Bertz CT molecular complexity index is 437. The van der Waals surface area contributed by atoms with Gasteiger partial charge in [0.05, 0.1) is 6.61 Å². The van der Waals surface area contributed by atoms with Crippen LogP contribution in [0.15, 0.2) is 24.3 Å². The van der Waals surface area contributed by atoms with Crippen LogP contribution in [0.4, 0.5) is 0 Å². The highest BCUT2D eigenvalue weighted by atomic mass is 16.5. The SMILES string of the molecule is CCOc1ccc(C(C)NC2CC(C)CC(C)(C)C2)cc1. The third-order valence-corrected chi connectivity index (χ3v) is 4.56. The van der Waals surface area contributed by atoms with Crippen molar-refractivity contribution in [2.45, 2.75) is 66.0 Å². The van der Waals surface area contributed by atoms with E-state index in [1.165, 1.54) is 24.8 Å². The summed E-state index contributed by atoms with van der Waals surface area (Å²) in [5, 5.41) is 3.83. The van der Waals surface area contributed by atoms with E-state index in [1.807, 2.05) is 6.92 Å². The minimum absolute atomic E-state index is 0.395. The second-order valence-corrected chi connectivity index (χ2v) is 7.50. The second-order valence-electron chi connectivity index (χ2n) is 7.50. The zero-order chi connectivity index (χ0) is 15.5. The summed E-state index contributed by atoms with van der Waals surface area (Å²) in [6.07, 6.45) is 3.92. The Kier molecular flexibility index (Phi) is 5.32. The molecule has 1 aliphatic rings. The summed E-state index contributed by atoms with van der Waals surface area (Å²) < 4.78 is 5.51. The van der Waals surface area contributed by atoms with Crippen LogP contribution in [0, 0.1) is 11.3 Å². The molecule has 0 bridgehead atoms. The third-order valence-electron chi connectivity index (χ3n) is 4.56. The molecule has 0 heterocycles. The fraction of sp³-hybridized carbons (Fsp3) is 0.684. The molecule has 3 atom stereocenters. The van der Waals surface area contributed by atoms with Crippen LogP contribution in [0.1, 0.15) is 65.5 Å². The Morgan fingerprint density at radius 2 is 1.90 bits per heavy atom. The van der Waals surface area contributed by atoms with Crippen LogP contribution in [-0.2, 0) is 0 Å². The molecular weight excluding hydrogens is 258 g/mol. The average molecular weight is 289 g/mol. The molecule has 118 valence electrons. The van der Waals surface area contributed by atoms with E-state index in [-0.39, 0.29) is 0 Å². The molecule has 0 amide bonds. The molecule has 2 nitrogen and oxygen atoms in total. The van der Waals surface area contributed by atoms with Gasteiger partial charge in [-0.3, -0.25) is 0 Å². The van der Waals surface area contributed by atoms with Gasteiger partial charge in [0.2, 0.25) is 0 Å². The highest BCUT2D eigenvalue weighted by Crippen LogP contribution is 2.39. The van der Waals surface area contributed by atoms with Gasteiger partial charge in [0.1, 0.15) is 5.75 Å². The van der Waals surface area contributed by atoms with E-state index in [0.29, 0.717) is 17.5 Å². The van der Waals surface area contributed by atoms with Crippen LogP contribution in [-0.4, -0.2) is 12.6 Å². The Labute approximate surface area is 130 Å². The molecule has 2 heteroatoms. The number of ether oxygens (including phenoxy) is 1. The zero-order valence-electron chi connectivity index (χ0n) is 14.3. The summed E-state index contributed by atoms with van der Waals surface area (Å²) in [6, 6.07) is 9.53. The zero-order valence-corrected chi connectivity index (χ0v) is 14.3. The van der Waals surface area contributed by atoms with Crippen LogP contribution in [0.2, 0.25) is 0 Å². The minimum atomic E-state index is 0.395. The van der Waals surface area contributed by atoms with Crippen molar-refractivity contribution in [3.8, 4) is 5.75 Å². The molecule has 0 radical (unpaired) electrons. The number of nitrogens with one attached hydrogen (secondary N) is 1. The maximum atomic E-state index is 5.51. The minimum Gasteiger partial charge on any atom is -0.494 e. The highest BCUT2D eigenvalue weighted by molar-refractivity contribution is 5.29. The number of benzene rings is 1. The Balaban J connectivity index is 1.95. The standard InChI is InChI=1S/C19H31NO/c1-6-21-18-9-7-16(8-10-18)15(3)20-17-11-14(2)12-19(4,5)13-17/h7-10,14-15,17,20H,6,11-13H2,1-5H3. The largest absolute Gasteiger partial charge is 0.494 e. The van der Waals surface area contributed by atoms with Crippen LogP contribution in [0.3, 0.4) is 0 Å². The van der Waals surface area contributed by atoms with Gasteiger partial charge in [-0.25, -0.2) is 0 Å². The quantitative estimate of drug-likeness (QED) is 0.828. The summed E-state index contributed by atoms with van der Waals surface area (Å²) in [4.78, 5) is 0. The van der Waals surface area contributed by atoms with Gasteiger partial charge >= 0.3 is 0 Å². The number of hydrogen-bond donors (Lipinski definition) is 1. The van der Waals surface area contributed by atoms with Crippen LogP contribution < -0.4 is 10.1 Å². The molecule has 0 spiro atoms. The molecule has 1 saturated carbocycles. The van der Waals surface area contributed by atoms with Crippen LogP contribution in [0.5, 0.6) is 5.75 Å². The topological polar surface area (TPSA) is 21.3 Å². The Hall–Kier alpha value is -1.02. The second kappa shape index (κ2) is 6.83. The molecule has 2 rings (SSSR count). The maximum Gasteiger partial charge on any atom is 0.119 e. The normalized spacial score (nSPS) is 26.3. The van der Waals surface area contributed by atoms with Gasteiger partial charge < -0.3 is 10.1 Å². The molecule has 1 fully saturated rings. The van der Waals surface area contributed by atoms with E-state index in [4.69, 9.17) is 4.74 Å². The van der Waals surface area contributed by atoms with E-state index < -0.39 is 0 Å². The van der Waals surface area contributed by atoms with Gasteiger partial charge in [-0.05, 0) is 62.1 Å². The molecule has 1 aromatic rings. The highest BCUT2D eigenvalue weighted by Gasteiger charge is 2.32. The van der Waals surface area contributed by atoms with Crippen molar-refractivity contribution >= 4 is 0 Å². The molecule has 1 aromatic carbocycles. The van der Waals surface area contributed by atoms with Gasteiger partial charge in [0.25, 0.3) is 0 Å². The molecule has 0 aromatic heterocycles. The lowest BCUT2D eigenvalue weighted by molar-refractivity contribution is 0.145. The molecule has 1 N–H and O–H groups in total. The van der Waals surface area contributed by atoms with Crippen molar-refractivity contribution in [2.24, 2.45) is 11.3 Å². The summed E-state index contributed by atoms with van der Waals surface area (Å²) in [5.41, 5.74) is 1.81.